The Labute approximate surface area is 105 Å². The summed E-state index contributed by atoms with van der Waals surface area (Å²) in [5.41, 5.74) is 1.00. The average molecular weight is 252 g/mol. The Morgan fingerprint density at radius 3 is 3.06 bits per heavy atom. The fourth-order valence-corrected chi connectivity index (χ4v) is 2.31. The molecule has 0 atom stereocenters. The van der Waals surface area contributed by atoms with Crippen LogP contribution < -0.4 is 5.84 Å². The van der Waals surface area contributed by atoms with E-state index in [0.29, 0.717) is 13.1 Å². The lowest BCUT2D eigenvalue weighted by molar-refractivity contribution is 0.197. The maximum absolute atomic E-state index is 9.39. The van der Waals surface area contributed by atoms with Gasteiger partial charge in [-0.05, 0) is 17.7 Å². The van der Waals surface area contributed by atoms with E-state index in [2.05, 4.69) is 11.9 Å². The van der Waals surface area contributed by atoms with Gasteiger partial charge in [-0.15, -0.1) is 4.41 Å². The summed E-state index contributed by atoms with van der Waals surface area (Å²) in [6.45, 7) is 2.66. The summed E-state index contributed by atoms with van der Waals surface area (Å²) in [7, 11) is 0. The number of hydrogen-bond acceptors (Lipinski definition) is 6. The molecule has 0 aliphatic carbocycles. The third-order valence-electron chi connectivity index (χ3n) is 2.43. The first kappa shape index (κ1) is 12.2. The first-order valence-electron chi connectivity index (χ1n) is 5.47. The number of nitrogens with zero attached hydrogens (tertiary/aromatic N) is 3. The molecule has 1 aromatic rings. The largest absolute Gasteiger partial charge is 0.508 e. The minimum atomic E-state index is 0.268. The maximum Gasteiger partial charge on any atom is 0.137 e. The lowest BCUT2D eigenvalue weighted by Crippen LogP contribution is -2.43. The zero-order valence-corrected chi connectivity index (χ0v) is 10.5. The second-order valence-corrected chi connectivity index (χ2v) is 4.93. The molecule has 0 radical (unpaired) electrons. The SMILES string of the molecule is CCSN1CN=C(Cc2cccc(O)c2)N1N. The molecule has 0 saturated heterocycles. The van der Waals surface area contributed by atoms with Gasteiger partial charge in [0.2, 0.25) is 0 Å². The molecule has 0 saturated carbocycles. The second kappa shape index (κ2) is 5.39. The Kier molecular flexibility index (Phi) is 3.88. The number of hydrogen-bond donors (Lipinski definition) is 2. The van der Waals surface area contributed by atoms with Crippen molar-refractivity contribution in [1.82, 2.24) is 9.53 Å². The van der Waals surface area contributed by atoms with Gasteiger partial charge in [0.1, 0.15) is 18.3 Å². The lowest BCUT2D eigenvalue weighted by Gasteiger charge is -2.23. The van der Waals surface area contributed by atoms with Crippen LogP contribution >= 0.6 is 11.9 Å². The Morgan fingerprint density at radius 2 is 2.35 bits per heavy atom. The zero-order chi connectivity index (χ0) is 12.3. The molecule has 92 valence electrons. The summed E-state index contributed by atoms with van der Waals surface area (Å²) in [5, 5.41) is 11.0. The number of rotatable bonds is 4. The second-order valence-electron chi connectivity index (χ2n) is 3.68. The number of hydrazine groups is 2. The molecule has 3 N–H and O–H groups in total. The molecule has 6 heteroatoms. The summed E-state index contributed by atoms with van der Waals surface area (Å²) in [5.74, 6) is 7.99. The highest BCUT2D eigenvalue weighted by Gasteiger charge is 2.22. The predicted molar refractivity (Wildman–Crippen MR) is 70.1 cm³/mol. The number of benzene rings is 1. The molecule has 1 aliphatic rings. The van der Waals surface area contributed by atoms with Gasteiger partial charge in [-0.25, -0.2) is 11.0 Å². The summed E-state index contributed by atoms with van der Waals surface area (Å²) >= 11 is 1.63. The Hall–Kier alpha value is -1.24. The van der Waals surface area contributed by atoms with E-state index in [-0.39, 0.29) is 5.75 Å². The predicted octanol–water partition coefficient (Wildman–Crippen LogP) is 1.37. The van der Waals surface area contributed by atoms with Crippen LogP contribution in [0.1, 0.15) is 12.5 Å². The Balaban J connectivity index is 2.01. The molecule has 0 bridgehead atoms. The minimum absolute atomic E-state index is 0.268. The molecule has 2 rings (SSSR count). The normalized spacial score (nSPS) is 16.4. The van der Waals surface area contributed by atoms with Crippen LogP contribution in [-0.2, 0) is 6.42 Å². The van der Waals surface area contributed by atoms with E-state index < -0.39 is 0 Å². The number of nitrogens with two attached hydrogens (primary N) is 1. The Morgan fingerprint density at radius 1 is 1.53 bits per heavy atom. The summed E-state index contributed by atoms with van der Waals surface area (Å²) in [6.07, 6.45) is 0.631. The van der Waals surface area contributed by atoms with Gasteiger partial charge >= 0.3 is 0 Å². The average Bonchev–Trinajstić information content (AvgIpc) is 2.62. The van der Waals surface area contributed by atoms with E-state index in [9.17, 15) is 5.11 Å². The number of phenols is 1. The fourth-order valence-electron chi connectivity index (χ4n) is 1.65. The quantitative estimate of drug-likeness (QED) is 0.626. The van der Waals surface area contributed by atoms with Crippen molar-refractivity contribution in [2.24, 2.45) is 10.8 Å². The van der Waals surface area contributed by atoms with Crippen LogP contribution in [0.3, 0.4) is 0 Å². The molecule has 1 aromatic carbocycles. The van der Waals surface area contributed by atoms with Crippen LogP contribution in [0, 0.1) is 0 Å². The van der Waals surface area contributed by atoms with Crippen LogP contribution in [0.25, 0.3) is 0 Å². The minimum Gasteiger partial charge on any atom is -0.508 e. The first-order valence-corrected chi connectivity index (χ1v) is 6.41. The number of aromatic hydroxyl groups is 1. The van der Waals surface area contributed by atoms with Gasteiger partial charge in [-0.2, -0.15) is 0 Å². The standard InChI is InChI=1S/C11H16N4OS/c1-2-17-14-8-13-11(15(14)12)7-9-4-3-5-10(16)6-9/h3-6,16H,2,7-8,12H2,1H3. The van der Waals surface area contributed by atoms with E-state index >= 15 is 0 Å². The van der Waals surface area contributed by atoms with Crippen LogP contribution in [0.5, 0.6) is 5.75 Å². The fraction of sp³-hybridized carbons (Fsp3) is 0.364. The van der Waals surface area contributed by atoms with Gasteiger partial charge in [0, 0.05) is 12.2 Å². The van der Waals surface area contributed by atoms with E-state index in [4.69, 9.17) is 5.84 Å². The highest BCUT2D eigenvalue weighted by molar-refractivity contribution is 7.96. The molecule has 5 nitrogen and oxygen atoms in total. The van der Waals surface area contributed by atoms with Gasteiger partial charge in [0.15, 0.2) is 0 Å². The van der Waals surface area contributed by atoms with Crippen LogP contribution in [0.15, 0.2) is 29.3 Å². The van der Waals surface area contributed by atoms with Crippen molar-refractivity contribution in [2.75, 3.05) is 12.4 Å². The van der Waals surface area contributed by atoms with Crippen LogP contribution in [0.2, 0.25) is 0 Å². The van der Waals surface area contributed by atoms with Crippen LogP contribution in [-0.4, -0.2) is 32.9 Å². The third kappa shape index (κ3) is 2.91. The molecule has 0 aromatic heterocycles. The molecular weight excluding hydrogens is 236 g/mol. The summed E-state index contributed by atoms with van der Waals surface area (Å²) < 4.78 is 1.91. The smallest absolute Gasteiger partial charge is 0.137 e. The Bertz CT molecular complexity index is 424. The van der Waals surface area contributed by atoms with Gasteiger partial charge in [-0.1, -0.05) is 31.0 Å². The summed E-state index contributed by atoms with van der Waals surface area (Å²) in [4.78, 5) is 4.38. The van der Waals surface area contributed by atoms with Crippen molar-refractivity contribution in [2.45, 2.75) is 13.3 Å². The van der Waals surface area contributed by atoms with Crippen molar-refractivity contribution in [3.8, 4) is 5.75 Å². The van der Waals surface area contributed by atoms with E-state index in [1.807, 2.05) is 16.5 Å². The van der Waals surface area contributed by atoms with Crippen molar-refractivity contribution in [3.63, 3.8) is 0 Å². The number of amidine groups is 1. The molecule has 17 heavy (non-hydrogen) atoms. The van der Waals surface area contributed by atoms with E-state index in [1.165, 1.54) is 0 Å². The van der Waals surface area contributed by atoms with Gasteiger partial charge in [-0.3, -0.25) is 4.99 Å². The first-order chi connectivity index (χ1) is 8.20. The van der Waals surface area contributed by atoms with Gasteiger partial charge in [0.05, 0.1) is 0 Å². The van der Waals surface area contributed by atoms with Crippen molar-refractivity contribution >= 4 is 17.8 Å². The molecule has 1 aliphatic heterocycles. The molecule has 0 amide bonds. The molecular formula is C11H16N4OS. The number of aliphatic imine (C=N–C) groups is 1. The molecule has 1 heterocycles. The van der Waals surface area contributed by atoms with Crippen molar-refractivity contribution in [1.29, 1.82) is 0 Å². The highest BCUT2D eigenvalue weighted by atomic mass is 32.2. The van der Waals surface area contributed by atoms with E-state index in [1.54, 1.807) is 29.2 Å². The highest BCUT2D eigenvalue weighted by Crippen LogP contribution is 2.19. The molecule has 0 fully saturated rings. The monoisotopic (exact) mass is 252 g/mol. The van der Waals surface area contributed by atoms with Gasteiger partial charge < -0.3 is 5.11 Å². The lowest BCUT2D eigenvalue weighted by atomic mass is 10.1. The van der Waals surface area contributed by atoms with Crippen LogP contribution in [0.4, 0.5) is 0 Å². The number of phenolic OH excluding ortho intramolecular Hbond substituents is 1. The summed E-state index contributed by atoms with van der Waals surface area (Å²) in [6, 6.07) is 7.15. The van der Waals surface area contributed by atoms with Gasteiger partial charge in [0.25, 0.3) is 0 Å². The molecule has 0 unspecified atom stereocenters. The third-order valence-corrected chi connectivity index (χ3v) is 3.28. The van der Waals surface area contributed by atoms with Crippen molar-refractivity contribution < 1.29 is 5.11 Å². The van der Waals surface area contributed by atoms with Crippen molar-refractivity contribution in [3.05, 3.63) is 29.8 Å². The van der Waals surface area contributed by atoms with E-state index in [0.717, 1.165) is 17.2 Å². The zero-order valence-electron chi connectivity index (χ0n) is 9.71. The maximum atomic E-state index is 9.39. The topological polar surface area (TPSA) is 65.1 Å². The molecule has 0 spiro atoms.